The van der Waals surface area contributed by atoms with E-state index in [9.17, 15) is 4.79 Å². The Labute approximate surface area is 203 Å². The van der Waals surface area contributed by atoms with Gasteiger partial charge < -0.3 is 23.9 Å². The van der Waals surface area contributed by atoms with Gasteiger partial charge in [-0.2, -0.15) is 0 Å². The Bertz CT molecular complexity index is 1330. The maximum absolute atomic E-state index is 11.6. The molecular weight excluding hydrogens is 448 g/mol. The molecule has 1 aliphatic rings. The van der Waals surface area contributed by atoms with Crippen molar-refractivity contribution in [2.75, 3.05) is 38.7 Å². The zero-order valence-corrected chi connectivity index (χ0v) is 19.8. The molecule has 1 fully saturated rings. The van der Waals surface area contributed by atoms with Crippen molar-refractivity contribution >= 4 is 39.3 Å². The lowest BCUT2D eigenvalue weighted by Gasteiger charge is -2.23. The first kappa shape index (κ1) is 22.9. The van der Waals surface area contributed by atoms with Crippen molar-refractivity contribution in [1.29, 1.82) is 0 Å². The molecule has 0 aliphatic carbocycles. The summed E-state index contributed by atoms with van der Waals surface area (Å²) in [6.07, 6.45) is 5.12. The van der Waals surface area contributed by atoms with Crippen molar-refractivity contribution in [2.45, 2.75) is 25.9 Å². The number of esters is 1. The van der Waals surface area contributed by atoms with E-state index < -0.39 is 0 Å². The molecule has 1 N–H and O–H groups in total. The van der Waals surface area contributed by atoms with Crippen LogP contribution in [0.1, 0.15) is 19.8 Å². The number of nitrogens with one attached hydrogen (secondary N) is 1. The summed E-state index contributed by atoms with van der Waals surface area (Å²) in [6, 6.07) is 11.4. The van der Waals surface area contributed by atoms with Crippen LogP contribution in [0.4, 0.5) is 11.5 Å². The van der Waals surface area contributed by atoms with Crippen molar-refractivity contribution in [3.63, 3.8) is 0 Å². The van der Waals surface area contributed by atoms with Gasteiger partial charge in [-0.25, -0.2) is 9.97 Å². The minimum atomic E-state index is -0.371. The topological polar surface area (TPSA) is 98.9 Å². The number of hydrogen-bond acceptors (Lipinski definition) is 9. The normalized spacial score (nSPS) is 14.8. The third kappa shape index (κ3) is 5.14. The number of aromatic nitrogens is 2. The quantitative estimate of drug-likeness (QED) is 0.349. The molecule has 1 aliphatic heterocycles. The van der Waals surface area contributed by atoms with Crippen LogP contribution in [0.3, 0.4) is 0 Å². The van der Waals surface area contributed by atoms with Gasteiger partial charge in [0.25, 0.3) is 0 Å². The monoisotopic (exact) mass is 476 g/mol. The highest BCUT2D eigenvalue weighted by molar-refractivity contribution is 5.97. The van der Waals surface area contributed by atoms with Crippen molar-refractivity contribution < 1.29 is 23.4 Å². The standard InChI is InChI=1S/C26H28N4O5/c1-17(31)35-18(14-30-9-3-4-10-30)15-34-25-13-22-20(12-24(25)32-2)26(28-16-27-22)29-21-6-5-7-23-19(21)8-11-33-23/h5-8,11-13,16,18H,3-4,9-10,14-15H2,1-2H3,(H,27,28,29). The van der Waals surface area contributed by atoms with Crippen molar-refractivity contribution in [2.24, 2.45) is 0 Å². The second-order valence-corrected chi connectivity index (χ2v) is 8.56. The Morgan fingerprint density at radius 3 is 2.80 bits per heavy atom. The predicted octanol–water partition coefficient (Wildman–Crippen LogP) is 4.53. The van der Waals surface area contributed by atoms with Crippen molar-refractivity contribution in [3.8, 4) is 11.5 Å². The number of furan rings is 1. The molecule has 182 valence electrons. The second kappa shape index (κ2) is 10.2. The number of hydrogen-bond donors (Lipinski definition) is 1. The maximum atomic E-state index is 11.6. The minimum absolute atomic E-state index is 0.219. The summed E-state index contributed by atoms with van der Waals surface area (Å²) in [5.41, 5.74) is 2.36. The summed E-state index contributed by atoms with van der Waals surface area (Å²) in [7, 11) is 1.59. The molecule has 2 aromatic carbocycles. The fourth-order valence-electron chi connectivity index (χ4n) is 4.46. The summed E-state index contributed by atoms with van der Waals surface area (Å²) in [5.74, 6) is 1.39. The first-order chi connectivity index (χ1) is 17.1. The lowest BCUT2D eigenvalue weighted by molar-refractivity contribution is -0.148. The Hall–Kier alpha value is -3.85. The lowest BCUT2D eigenvalue weighted by atomic mass is 10.2. The predicted molar refractivity (Wildman–Crippen MR) is 132 cm³/mol. The van der Waals surface area contributed by atoms with E-state index in [1.807, 2.05) is 36.4 Å². The third-order valence-electron chi connectivity index (χ3n) is 6.09. The molecular formula is C26H28N4O5. The number of fused-ring (bicyclic) bond motifs is 2. The van der Waals surface area contributed by atoms with Crippen LogP contribution in [0, 0.1) is 0 Å². The molecule has 5 rings (SSSR count). The number of nitrogens with zero attached hydrogens (tertiary/aromatic N) is 3. The molecule has 0 amide bonds. The summed E-state index contributed by atoms with van der Waals surface area (Å²) in [5, 5.41) is 5.13. The van der Waals surface area contributed by atoms with Crippen LogP contribution in [0.5, 0.6) is 11.5 Å². The molecule has 1 saturated heterocycles. The molecule has 3 heterocycles. The number of rotatable bonds is 9. The Morgan fingerprint density at radius 1 is 1.14 bits per heavy atom. The number of carbonyl (C=O) groups excluding carboxylic acids is 1. The molecule has 9 heteroatoms. The van der Waals surface area contributed by atoms with Crippen LogP contribution >= 0.6 is 0 Å². The average molecular weight is 477 g/mol. The summed E-state index contributed by atoms with van der Waals surface area (Å²) in [6.45, 7) is 4.30. The fraction of sp³-hybridized carbons (Fsp3) is 0.346. The van der Waals surface area contributed by atoms with Gasteiger partial charge in [0.2, 0.25) is 0 Å². The van der Waals surface area contributed by atoms with E-state index >= 15 is 0 Å². The van der Waals surface area contributed by atoms with Crippen LogP contribution in [0.2, 0.25) is 0 Å². The molecule has 0 spiro atoms. The van der Waals surface area contributed by atoms with Crippen LogP contribution < -0.4 is 14.8 Å². The van der Waals surface area contributed by atoms with E-state index in [0.29, 0.717) is 29.4 Å². The van der Waals surface area contributed by atoms with E-state index in [0.717, 1.165) is 48.0 Å². The van der Waals surface area contributed by atoms with E-state index in [-0.39, 0.29) is 18.7 Å². The molecule has 0 bridgehead atoms. The van der Waals surface area contributed by atoms with Crippen molar-refractivity contribution in [1.82, 2.24) is 14.9 Å². The highest BCUT2D eigenvalue weighted by Gasteiger charge is 2.21. The van der Waals surface area contributed by atoms with Crippen LogP contribution in [-0.2, 0) is 9.53 Å². The first-order valence-corrected chi connectivity index (χ1v) is 11.7. The van der Waals surface area contributed by atoms with Gasteiger partial charge in [0.05, 0.1) is 24.6 Å². The molecule has 0 radical (unpaired) electrons. The molecule has 9 nitrogen and oxygen atoms in total. The molecule has 4 aromatic rings. The number of methoxy groups -OCH3 is 1. The van der Waals surface area contributed by atoms with Gasteiger partial charge in [0.1, 0.15) is 30.4 Å². The molecule has 1 atom stereocenters. The number of carbonyl (C=O) groups is 1. The second-order valence-electron chi connectivity index (χ2n) is 8.56. The third-order valence-corrected chi connectivity index (χ3v) is 6.09. The fourth-order valence-corrected chi connectivity index (χ4v) is 4.46. The van der Waals surface area contributed by atoms with Gasteiger partial charge in [0, 0.05) is 30.3 Å². The SMILES string of the molecule is COc1cc2c(Nc3cccc4occc34)ncnc2cc1OCC(CN1CCCC1)OC(C)=O. The molecule has 0 saturated carbocycles. The van der Waals surface area contributed by atoms with Gasteiger partial charge in [0.15, 0.2) is 11.5 Å². The Balaban J connectivity index is 1.39. The number of likely N-dealkylation sites (tertiary alicyclic amines) is 1. The summed E-state index contributed by atoms with van der Waals surface area (Å²) in [4.78, 5) is 22.8. The zero-order valence-electron chi connectivity index (χ0n) is 19.8. The number of benzene rings is 2. The van der Waals surface area contributed by atoms with Crippen LogP contribution in [0.15, 0.2) is 53.4 Å². The number of anilines is 2. The number of ether oxygens (including phenoxy) is 3. The Kier molecular flexibility index (Phi) is 6.67. The first-order valence-electron chi connectivity index (χ1n) is 11.7. The molecule has 1 unspecified atom stereocenters. The van der Waals surface area contributed by atoms with Crippen LogP contribution in [0.25, 0.3) is 21.9 Å². The maximum Gasteiger partial charge on any atom is 0.303 e. The highest BCUT2D eigenvalue weighted by atomic mass is 16.6. The van der Waals surface area contributed by atoms with E-state index in [1.165, 1.54) is 13.3 Å². The smallest absolute Gasteiger partial charge is 0.303 e. The van der Waals surface area contributed by atoms with Gasteiger partial charge in [-0.15, -0.1) is 0 Å². The van der Waals surface area contributed by atoms with Gasteiger partial charge in [-0.3, -0.25) is 9.69 Å². The lowest BCUT2D eigenvalue weighted by Crippen LogP contribution is -2.36. The van der Waals surface area contributed by atoms with E-state index in [2.05, 4.69) is 20.2 Å². The largest absolute Gasteiger partial charge is 0.493 e. The minimum Gasteiger partial charge on any atom is -0.493 e. The average Bonchev–Trinajstić information content (AvgIpc) is 3.54. The van der Waals surface area contributed by atoms with E-state index in [1.54, 1.807) is 13.4 Å². The molecule has 35 heavy (non-hydrogen) atoms. The molecule has 2 aromatic heterocycles. The van der Waals surface area contributed by atoms with Gasteiger partial charge >= 0.3 is 5.97 Å². The van der Waals surface area contributed by atoms with Gasteiger partial charge in [-0.05, 0) is 50.2 Å². The summed E-state index contributed by atoms with van der Waals surface area (Å²) < 4.78 is 22.7. The van der Waals surface area contributed by atoms with Crippen LogP contribution in [-0.4, -0.2) is 60.3 Å². The summed E-state index contributed by atoms with van der Waals surface area (Å²) >= 11 is 0. The highest BCUT2D eigenvalue weighted by Crippen LogP contribution is 2.36. The van der Waals surface area contributed by atoms with E-state index in [4.69, 9.17) is 18.6 Å². The zero-order chi connectivity index (χ0) is 24.2. The van der Waals surface area contributed by atoms with Gasteiger partial charge in [-0.1, -0.05) is 6.07 Å². The Morgan fingerprint density at radius 2 is 2.00 bits per heavy atom. The van der Waals surface area contributed by atoms with Crippen molar-refractivity contribution in [3.05, 3.63) is 49.0 Å².